The smallest absolute Gasteiger partial charge is 0.132 e. The first-order valence-electron chi connectivity index (χ1n) is 6.33. The van der Waals surface area contributed by atoms with E-state index in [0.717, 1.165) is 16.0 Å². The van der Waals surface area contributed by atoms with E-state index in [1.165, 1.54) is 0 Å². The molecule has 1 aromatic heterocycles. The van der Waals surface area contributed by atoms with Gasteiger partial charge >= 0.3 is 0 Å². The lowest BCUT2D eigenvalue weighted by atomic mass is 10.1. The van der Waals surface area contributed by atoms with Crippen LogP contribution in [-0.2, 0) is 10.8 Å². The Morgan fingerprint density at radius 2 is 1.45 bits per heavy atom. The summed E-state index contributed by atoms with van der Waals surface area (Å²) in [5.74, 6) is 0. The van der Waals surface area contributed by atoms with E-state index < -0.39 is 10.8 Å². The fourth-order valence-corrected chi connectivity index (χ4v) is 3.23. The summed E-state index contributed by atoms with van der Waals surface area (Å²) in [7, 11) is -1.27. The second-order valence-electron chi connectivity index (χ2n) is 4.30. The van der Waals surface area contributed by atoms with Gasteiger partial charge in [0.1, 0.15) is 15.8 Å². The highest BCUT2D eigenvalue weighted by atomic mass is 32.2. The lowest BCUT2D eigenvalue weighted by Crippen LogP contribution is -1.97. The first-order valence-corrected chi connectivity index (χ1v) is 7.48. The van der Waals surface area contributed by atoms with Gasteiger partial charge in [0, 0.05) is 6.20 Å². The molecule has 0 radical (unpaired) electrons. The maximum atomic E-state index is 12.7. The summed E-state index contributed by atoms with van der Waals surface area (Å²) in [6, 6.07) is 23.2. The van der Waals surface area contributed by atoms with Crippen LogP contribution in [0.25, 0.3) is 11.1 Å². The summed E-state index contributed by atoms with van der Waals surface area (Å²) < 4.78 is 12.7. The van der Waals surface area contributed by atoms with Gasteiger partial charge in [0.15, 0.2) is 0 Å². The fourth-order valence-electron chi connectivity index (χ4n) is 2.05. The molecule has 3 heteroatoms. The summed E-state index contributed by atoms with van der Waals surface area (Å²) in [5.41, 5.74) is 2.05. The normalized spacial score (nSPS) is 12.0. The fraction of sp³-hybridized carbons (Fsp3) is 0. The quantitative estimate of drug-likeness (QED) is 0.727. The molecule has 0 fully saturated rings. The largest absolute Gasteiger partial charge is 0.247 e. The molecule has 0 aliphatic rings. The van der Waals surface area contributed by atoms with Gasteiger partial charge in [0.25, 0.3) is 0 Å². The van der Waals surface area contributed by atoms with Crippen LogP contribution >= 0.6 is 0 Å². The maximum absolute atomic E-state index is 12.7. The maximum Gasteiger partial charge on any atom is 0.132 e. The zero-order valence-electron chi connectivity index (χ0n) is 10.8. The Labute approximate surface area is 120 Å². The van der Waals surface area contributed by atoms with Crippen molar-refractivity contribution >= 4 is 10.8 Å². The minimum atomic E-state index is -1.27. The van der Waals surface area contributed by atoms with Crippen LogP contribution in [0.15, 0.2) is 88.9 Å². The molecule has 2 aromatic carbocycles. The van der Waals surface area contributed by atoms with Gasteiger partial charge in [0.2, 0.25) is 0 Å². The zero-order chi connectivity index (χ0) is 13.8. The highest BCUT2D eigenvalue weighted by Crippen LogP contribution is 2.28. The van der Waals surface area contributed by atoms with Crippen molar-refractivity contribution in [2.45, 2.75) is 9.92 Å². The van der Waals surface area contributed by atoms with Crippen LogP contribution in [-0.4, -0.2) is 9.19 Å². The number of hydrogen-bond donors (Lipinski definition) is 0. The van der Waals surface area contributed by atoms with Crippen LogP contribution in [0.2, 0.25) is 0 Å². The van der Waals surface area contributed by atoms with E-state index in [1.807, 2.05) is 66.7 Å². The SMILES string of the molecule is O=S(c1ccccn1)c1ccccc1-c1ccccc1. The minimum absolute atomic E-state index is 0.580. The van der Waals surface area contributed by atoms with Crippen molar-refractivity contribution in [2.75, 3.05) is 0 Å². The Morgan fingerprint density at radius 1 is 0.750 bits per heavy atom. The van der Waals surface area contributed by atoms with Crippen LogP contribution in [0.4, 0.5) is 0 Å². The Morgan fingerprint density at radius 3 is 2.20 bits per heavy atom. The Balaban J connectivity index is 2.10. The Bertz CT molecular complexity index is 726. The van der Waals surface area contributed by atoms with E-state index in [-0.39, 0.29) is 0 Å². The van der Waals surface area contributed by atoms with Crippen LogP contribution in [0.1, 0.15) is 0 Å². The van der Waals surface area contributed by atoms with Gasteiger partial charge < -0.3 is 0 Å². The molecule has 0 aliphatic heterocycles. The van der Waals surface area contributed by atoms with Crippen molar-refractivity contribution < 1.29 is 4.21 Å². The molecule has 1 heterocycles. The van der Waals surface area contributed by atoms with Crippen molar-refractivity contribution in [3.05, 3.63) is 79.0 Å². The molecular weight excluding hydrogens is 266 g/mol. The van der Waals surface area contributed by atoms with Gasteiger partial charge in [-0.15, -0.1) is 0 Å². The topological polar surface area (TPSA) is 30.0 Å². The van der Waals surface area contributed by atoms with E-state index in [9.17, 15) is 4.21 Å². The molecule has 1 unspecified atom stereocenters. The number of benzene rings is 2. The summed E-state index contributed by atoms with van der Waals surface area (Å²) in [6.07, 6.45) is 1.67. The standard InChI is InChI=1S/C17H13NOS/c19-20(17-12-6-7-13-18-17)16-11-5-4-10-15(16)14-8-2-1-3-9-14/h1-13H. The molecule has 3 aromatic rings. The molecule has 0 saturated carbocycles. The lowest BCUT2D eigenvalue weighted by molar-refractivity contribution is 0.680. The number of hydrogen-bond acceptors (Lipinski definition) is 2. The third-order valence-electron chi connectivity index (χ3n) is 3.00. The molecule has 0 amide bonds. The van der Waals surface area contributed by atoms with Gasteiger partial charge in [-0.2, -0.15) is 0 Å². The first kappa shape index (κ1) is 12.8. The first-order chi connectivity index (χ1) is 9.86. The van der Waals surface area contributed by atoms with Crippen LogP contribution in [0, 0.1) is 0 Å². The summed E-state index contributed by atoms with van der Waals surface area (Å²) in [4.78, 5) is 4.98. The molecule has 0 N–H and O–H groups in total. The monoisotopic (exact) mass is 279 g/mol. The van der Waals surface area contributed by atoms with Crippen LogP contribution < -0.4 is 0 Å². The van der Waals surface area contributed by atoms with Crippen molar-refractivity contribution in [3.8, 4) is 11.1 Å². The van der Waals surface area contributed by atoms with Crippen molar-refractivity contribution in [1.82, 2.24) is 4.98 Å². The molecule has 0 saturated heterocycles. The Kier molecular flexibility index (Phi) is 3.70. The van der Waals surface area contributed by atoms with Crippen molar-refractivity contribution in [2.24, 2.45) is 0 Å². The van der Waals surface area contributed by atoms with Gasteiger partial charge in [0.05, 0.1) is 4.90 Å². The highest BCUT2D eigenvalue weighted by Gasteiger charge is 2.13. The predicted molar refractivity (Wildman–Crippen MR) is 80.8 cm³/mol. The second-order valence-corrected chi connectivity index (χ2v) is 5.69. The van der Waals surface area contributed by atoms with E-state index in [2.05, 4.69) is 4.98 Å². The molecule has 3 rings (SSSR count). The van der Waals surface area contributed by atoms with Gasteiger partial charge in [-0.1, -0.05) is 54.6 Å². The van der Waals surface area contributed by atoms with E-state index in [1.54, 1.807) is 12.3 Å². The second kappa shape index (κ2) is 5.80. The number of rotatable bonds is 3. The minimum Gasteiger partial charge on any atom is -0.247 e. The van der Waals surface area contributed by atoms with Gasteiger partial charge in [-0.3, -0.25) is 0 Å². The molecule has 0 bridgehead atoms. The molecule has 1 atom stereocenters. The molecule has 2 nitrogen and oxygen atoms in total. The van der Waals surface area contributed by atoms with E-state index in [0.29, 0.717) is 5.03 Å². The molecular formula is C17H13NOS. The average molecular weight is 279 g/mol. The predicted octanol–water partition coefficient (Wildman–Crippen LogP) is 3.92. The van der Waals surface area contributed by atoms with Crippen LogP contribution in [0.3, 0.4) is 0 Å². The number of aromatic nitrogens is 1. The third-order valence-corrected chi connectivity index (χ3v) is 4.38. The van der Waals surface area contributed by atoms with Gasteiger partial charge in [-0.25, -0.2) is 9.19 Å². The lowest BCUT2D eigenvalue weighted by Gasteiger charge is -2.08. The molecule has 0 aliphatic carbocycles. The number of nitrogens with zero attached hydrogens (tertiary/aromatic N) is 1. The molecule has 20 heavy (non-hydrogen) atoms. The number of pyridine rings is 1. The van der Waals surface area contributed by atoms with E-state index in [4.69, 9.17) is 0 Å². The van der Waals surface area contributed by atoms with Gasteiger partial charge in [-0.05, 0) is 29.3 Å². The van der Waals surface area contributed by atoms with E-state index >= 15 is 0 Å². The molecule has 98 valence electrons. The van der Waals surface area contributed by atoms with Crippen molar-refractivity contribution in [1.29, 1.82) is 0 Å². The van der Waals surface area contributed by atoms with Crippen molar-refractivity contribution in [3.63, 3.8) is 0 Å². The Hall–Kier alpha value is -2.26. The van der Waals surface area contributed by atoms with Crippen LogP contribution in [0.5, 0.6) is 0 Å². The summed E-state index contributed by atoms with van der Waals surface area (Å²) >= 11 is 0. The summed E-state index contributed by atoms with van der Waals surface area (Å²) in [6.45, 7) is 0. The highest BCUT2D eigenvalue weighted by molar-refractivity contribution is 7.85. The third kappa shape index (κ3) is 2.53. The average Bonchev–Trinajstić information content (AvgIpc) is 2.56. The summed E-state index contributed by atoms with van der Waals surface area (Å²) in [5, 5.41) is 0.580. The zero-order valence-corrected chi connectivity index (χ0v) is 11.6. The molecule has 0 spiro atoms.